The number of para-hydroxylation sites is 1. The van der Waals surface area contributed by atoms with E-state index in [9.17, 15) is 14.9 Å². The van der Waals surface area contributed by atoms with Gasteiger partial charge in [-0.1, -0.05) is 12.1 Å². The van der Waals surface area contributed by atoms with Crippen LogP contribution in [0.5, 0.6) is 11.5 Å². The van der Waals surface area contributed by atoms with Crippen LogP contribution in [-0.4, -0.2) is 16.0 Å². The van der Waals surface area contributed by atoms with Crippen LogP contribution in [0.4, 0.5) is 5.69 Å². The molecule has 0 bridgehead atoms. The molecule has 0 heterocycles. The lowest BCUT2D eigenvalue weighted by molar-refractivity contribution is -0.385. The lowest BCUT2D eigenvalue weighted by Crippen LogP contribution is -1.97. The van der Waals surface area contributed by atoms with Gasteiger partial charge in [0.2, 0.25) is 5.75 Å². The molecule has 0 saturated carbocycles. The summed E-state index contributed by atoms with van der Waals surface area (Å²) in [6.07, 6.45) is 0. The number of benzene rings is 2. The number of hydrogen-bond acceptors (Lipinski definition) is 4. The van der Waals surface area contributed by atoms with Crippen molar-refractivity contribution < 1.29 is 19.6 Å². The Morgan fingerprint density at radius 3 is 2.60 bits per heavy atom. The molecule has 0 aromatic heterocycles. The first kappa shape index (κ1) is 14.0. The highest BCUT2D eigenvalue weighted by molar-refractivity contribution is 9.10. The van der Waals surface area contributed by atoms with Gasteiger partial charge in [0.15, 0.2) is 0 Å². The minimum atomic E-state index is -1.10. The van der Waals surface area contributed by atoms with Crippen molar-refractivity contribution in [1.29, 1.82) is 0 Å². The summed E-state index contributed by atoms with van der Waals surface area (Å²) < 4.78 is 5.85. The molecule has 2 aromatic rings. The van der Waals surface area contributed by atoms with Crippen molar-refractivity contribution in [3.05, 3.63) is 62.6 Å². The zero-order valence-corrected chi connectivity index (χ0v) is 11.5. The second kappa shape index (κ2) is 5.70. The molecule has 0 atom stereocenters. The number of aromatic carboxylic acids is 1. The van der Waals surface area contributed by atoms with E-state index in [0.29, 0.717) is 4.47 Å². The normalized spacial score (nSPS) is 10.1. The summed E-state index contributed by atoms with van der Waals surface area (Å²) in [5, 5.41) is 19.8. The number of hydrogen-bond donors (Lipinski definition) is 1. The first-order valence-electron chi connectivity index (χ1n) is 5.43. The van der Waals surface area contributed by atoms with E-state index in [1.165, 1.54) is 36.4 Å². The maximum Gasteiger partial charge on any atom is 0.335 e. The molecule has 0 fully saturated rings. The van der Waals surface area contributed by atoms with E-state index in [-0.39, 0.29) is 22.7 Å². The van der Waals surface area contributed by atoms with Gasteiger partial charge in [-0.2, -0.15) is 0 Å². The molecule has 0 radical (unpaired) electrons. The van der Waals surface area contributed by atoms with Crippen LogP contribution >= 0.6 is 15.9 Å². The lowest BCUT2D eigenvalue weighted by atomic mass is 10.2. The molecule has 0 aliphatic heterocycles. The largest absolute Gasteiger partial charge is 0.478 e. The van der Waals surface area contributed by atoms with Gasteiger partial charge in [-0.25, -0.2) is 4.79 Å². The van der Waals surface area contributed by atoms with Crippen molar-refractivity contribution >= 4 is 27.6 Å². The average Bonchev–Trinajstić information content (AvgIpc) is 2.41. The van der Waals surface area contributed by atoms with Crippen LogP contribution in [0.3, 0.4) is 0 Å². The third-order valence-corrected chi connectivity index (χ3v) is 3.07. The minimum Gasteiger partial charge on any atom is -0.478 e. The van der Waals surface area contributed by atoms with Gasteiger partial charge in [0.25, 0.3) is 0 Å². The van der Waals surface area contributed by atoms with Crippen molar-refractivity contribution in [2.24, 2.45) is 0 Å². The van der Waals surface area contributed by atoms with Gasteiger partial charge >= 0.3 is 11.7 Å². The first-order valence-corrected chi connectivity index (χ1v) is 6.22. The van der Waals surface area contributed by atoms with E-state index in [0.717, 1.165) is 0 Å². The summed E-state index contributed by atoms with van der Waals surface area (Å²) in [7, 11) is 0. The highest BCUT2D eigenvalue weighted by atomic mass is 79.9. The van der Waals surface area contributed by atoms with E-state index in [1.54, 1.807) is 6.07 Å². The molecular formula is C13H8BrNO5. The zero-order valence-electron chi connectivity index (χ0n) is 9.95. The molecule has 0 aliphatic rings. The molecule has 102 valence electrons. The fourth-order valence-corrected chi connectivity index (χ4v) is 1.99. The fourth-order valence-electron chi connectivity index (χ4n) is 1.55. The maximum absolute atomic E-state index is 10.9. The Bertz CT molecular complexity index is 686. The molecule has 0 unspecified atom stereocenters. The summed E-state index contributed by atoms with van der Waals surface area (Å²) in [6.45, 7) is 0. The second-order valence-electron chi connectivity index (χ2n) is 3.78. The number of carbonyl (C=O) groups is 1. The number of nitrogens with zero attached hydrogens (tertiary/aromatic N) is 1. The second-order valence-corrected chi connectivity index (χ2v) is 4.63. The average molecular weight is 338 g/mol. The van der Waals surface area contributed by atoms with Crippen LogP contribution < -0.4 is 4.74 Å². The van der Waals surface area contributed by atoms with E-state index >= 15 is 0 Å². The molecule has 7 heteroatoms. The molecule has 0 spiro atoms. The Balaban J connectivity index is 2.42. The molecule has 6 nitrogen and oxygen atoms in total. The lowest BCUT2D eigenvalue weighted by Gasteiger charge is -2.08. The number of rotatable bonds is 4. The van der Waals surface area contributed by atoms with E-state index in [2.05, 4.69) is 15.9 Å². The predicted octanol–water partition coefficient (Wildman–Crippen LogP) is 3.85. The minimum absolute atomic E-state index is 0.0278. The monoisotopic (exact) mass is 337 g/mol. The van der Waals surface area contributed by atoms with E-state index in [1.807, 2.05) is 0 Å². The fraction of sp³-hybridized carbons (Fsp3) is 0. The zero-order chi connectivity index (χ0) is 14.7. The Kier molecular flexibility index (Phi) is 3.99. The first-order chi connectivity index (χ1) is 9.49. The summed E-state index contributed by atoms with van der Waals surface area (Å²) >= 11 is 3.17. The van der Waals surface area contributed by atoms with E-state index in [4.69, 9.17) is 9.84 Å². The van der Waals surface area contributed by atoms with Crippen molar-refractivity contribution in [3.63, 3.8) is 0 Å². The Hall–Kier alpha value is -2.41. The van der Waals surface area contributed by atoms with Crippen LogP contribution in [0, 0.1) is 10.1 Å². The molecule has 0 saturated heterocycles. The summed E-state index contributed by atoms with van der Waals surface area (Å²) in [4.78, 5) is 21.3. The smallest absolute Gasteiger partial charge is 0.335 e. The molecule has 2 aromatic carbocycles. The summed E-state index contributed by atoms with van der Waals surface area (Å²) in [6, 6.07) is 10.2. The maximum atomic E-state index is 10.9. The Morgan fingerprint density at radius 2 is 1.95 bits per heavy atom. The molecule has 0 amide bonds. The van der Waals surface area contributed by atoms with Crippen LogP contribution in [0.15, 0.2) is 46.9 Å². The van der Waals surface area contributed by atoms with Crippen LogP contribution in [0.2, 0.25) is 0 Å². The van der Waals surface area contributed by atoms with Crippen molar-refractivity contribution in [3.8, 4) is 11.5 Å². The van der Waals surface area contributed by atoms with Gasteiger partial charge in [0.1, 0.15) is 5.75 Å². The van der Waals surface area contributed by atoms with Crippen LogP contribution in [0.25, 0.3) is 0 Å². The highest BCUT2D eigenvalue weighted by Crippen LogP contribution is 2.38. The standard InChI is InChI=1S/C13H8BrNO5/c14-10-5-2-6-11(15(18)19)12(10)20-9-4-1-3-8(7-9)13(16)17/h1-7H,(H,16,17). The third-order valence-electron chi connectivity index (χ3n) is 2.44. The predicted molar refractivity (Wildman–Crippen MR) is 74.3 cm³/mol. The van der Waals surface area contributed by atoms with Gasteiger partial charge in [-0.3, -0.25) is 10.1 Å². The number of carboxylic acid groups (broad SMARTS) is 1. The Labute approximate surface area is 121 Å². The number of nitro groups is 1. The molecular weight excluding hydrogens is 330 g/mol. The molecule has 20 heavy (non-hydrogen) atoms. The number of nitro benzene ring substituents is 1. The van der Waals surface area contributed by atoms with Gasteiger partial charge in [-0.15, -0.1) is 0 Å². The van der Waals surface area contributed by atoms with Crippen LogP contribution in [-0.2, 0) is 0 Å². The number of carboxylic acids is 1. The van der Waals surface area contributed by atoms with Gasteiger partial charge in [-0.05, 0) is 40.2 Å². The van der Waals surface area contributed by atoms with Crippen LogP contribution in [0.1, 0.15) is 10.4 Å². The molecule has 0 aliphatic carbocycles. The van der Waals surface area contributed by atoms with Gasteiger partial charge < -0.3 is 9.84 Å². The number of halogens is 1. The topological polar surface area (TPSA) is 89.7 Å². The molecule has 1 N–H and O–H groups in total. The van der Waals surface area contributed by atoms with Crippen molar-refractivity contribution in [2.75, 3.05) is 0 Å². The quantitative estimate of drug-likeness (QED) is 0.676. The number of ether oxygens (including phenoxy) is 1. The van der Waals surface area contributed by atoms with Gasteiger partial charge in [0.05, 0.1) is 15.0 Å². The summed E-state index contributed by atoms with van der Waals surface area (Å²) in [5.74, 6) is -0.864. The summed E-state index contributed by atoms with van der Waals surface area (Å²) in [5.41, 5.74) is -0.169. The highest BCUT2D eigenvalue weighted by Gasteiger charge is 2.19. The van der Waals surface area contributed by atoms with E-state index < -0.39 is 10.9 Å². The SMILES string of the molecule is O=C(O)c1cccc(Oc2c(Br)cccc2[N+](=O)[O-])c1. The van der Waals surface area contributed by atoms with Crippen molar-refractivity contribution in [2.45, 2.75) is 0 Å². The van der Waals surface area contributed by atoms with Crippen molar-refractivity contribution in [1.82, 2.24) is 0 Å². The van der Waals surface area contributed by atoms with Gasteiger partial charge in [0, 0.05) is 6.07 Å². The molecule has 2 rings (SSSR count). The Morgan fingerprint density at radius 1 is 1.25 bits per heavy atom. The third kappa shape index (κ3) is 2.94.